The van der Waals surface area contributed by atoms with Crippen molar-refractivity contribution in [1.82, 2.24) is 10.2 Å². The van der Waals surface area contributed by atoms with Crippen molar-refractivity contribution in [3.8, 4) is 0 Å². The Morgan fingerprint density at radius 3 is 2.57 bits per heavy atom. The summed E-state index contributed by atoms with van der Waals surface area (Å²) in [6, 6.07) is 5.53. The molecule has 4 N–H and O–H groups in total. The van der Waals surface area contributed by atoms with Crippen LogP contribution in [0.3, 0.4) is 0 Å². The quantitative estimate of drug-likeness (QED) is 0.646. The predicted molar refractivity (Wildman–Crippen MR) is 113 cm³/mol. The number of imide groups is 1. The number of nitrogens with zero attached hydrogens (tertiary/aromatic N) is 1. The van der Waals surface area contributed by atoms with Crippen LogP contribution in [0, 0.1) is 5.92 Å². The Labute approximate surface area is 176 Å². The molecule has 1 aromatic rings. The molecule has 2 aliphatic heterocycles. The van der Waals surface area contributed by atoms with Crippen LogP contribution in [-0.4, -0.2) is 40.2 Å². The van der Waals surface area contributed by atoms with Crippen LogP contribution in [-0.2, 0) is 16.1 Å². The molecule has 2 aliphatic carbocycles. The van der Waals surface area contributed by atoms with Crippen molar-refractivity contribution < 1.29 is 14.4 Å². The van der Waals surface area contributed by atoms with Gasteiger partial charge < -0.3 is 16.0 Å². The minimum atomic E-state index is -0.580. The number of carbonyl (C=O) groups is 3. The van der Waals surface area contributed by atoms with Gasteiger partial charge in [-0.3, -0.25) is 19.7 Å². The van der Waals surface area contributed by atoms with Gasteiger partial charge in [-0.2, -0.15) is 0 Å². The number of nitrogens with two attached hydrogens (primary N) is 1. The number of piperidine rings is 1. The van der Waals surface area contributed by atoms with E-state index in [1.807, 2.05) is 12.1 Å². The van der Waals surface area contributed by atoms with Crippen LogP contribution in [0.2, 0.25) is 0 Å². The summed E-state index contributed by atoms with van der Waals surface area (Å²) in [6.45, 7) is 0.405. The maximum Gasteiger partial charge on any atom is 0.255 e. The van der Waals surface area contributed by atoms with E-state index in [2.05, 4.69) is 16.7 Å². The highest BCUT2D eigenvalue weighted by molar-refractivity contribution is 6.06. The van der Waals surface area contributed by atoms with Crippen molar-refractivity contribution in [3.05, 3.63) is 29.3 Å². The summed E-state index contributed by atoms with van der Waals surface area (Å²) in [5.74, 6) is 0.0453. The van der Waals surface area contributed by atoms with Crippen LogP contribution in [0.15, 0.2) is 18.2 Å². The topological polar surface area (TPSA) is 105 Å². The highest BCUT2D eigenvalue weighted by Gasteiger charge is 2.42. The second-order valence-corrected chi connectivity index (χ2v) is 9.62. The first-order valence-corrected chi connectivity index (χ1v) is 11.2. The second-order valence-electron chi connectivity index (χ2n) is 9.62. The third-order valence-electron chi connectivity index (χ3n) is 7.35. The van der Waals surface area contributed by atoms with Gasteiger partial charge in [0.25, 0.3) is 5.91 Å². The number of benzene rings is 1. The predicted octanol–water partition coefficient (Wildman–Crippen LogP) is 2.30. The molecule has 2 heterocycles. The van der Waals surface area contributed by atoms with Crippen molar-refractivity contribution in [3.63, 3.8) is 0 Å². The summed E-state index contributed by atoms with van der Waals surface area (Å²) < 4.78 is 0. The number of anilines is 1. The number of fused-ring (bicyclic) bond motifs is 1. The minimum absolute atomic E-state index is 0.0389. The fraction of sp³-hybridized carbons (Fsp3) is 0.609. The molecule has 5 rings (SSSR count). The van der Waals surface area contributed by atoms with Gasteiger partial charge in [0.1, 0.15) is 6.04 Å². The standard InChI is InChI=1S/C23H30N4O3/c24-15-8-10-23(11-9-15,12-14-4-5-14)26-18-3-1-2-16-17(18)13-27(22(16)30)19-6-7-20(28)25-21(19)29/h1-3,14-15,19,26H,4-13,24H2,(H,25,28,29). The van der Waals surface area contributed by atoms with E-state index in [4.69, 9.17) is 5.73 Å². The minimum Gasteiger partial charge on any atom is -0.379 e. The van der Waals surface area contributed by atoms with E-state index in [0.717, 1.165) is 49.3 Å². The van der Waals surface area contributed by atoms with Gasteiger partial charge >= 0.3 is 0 Å². The first-order valence-electron chi connectivity index (χ1n) is 11.2. The first kappa shape index (κ1) is 19.5. The van der Waals surface area contributed by atoms with Crippen LogP contribution < -0.4 is 16.4 Å². The van der Waals surface area contributed by atoms with Gasteiger partial charge in [-0.25, -0.2) is 0 Å². The molecule has 160 valence electrons. The van der Waals surface area contributed by atoms with Crippen LogP contribution in [0.25, 0.3) is 0 Å². The highest BCUT2D eigenvalue weighted by Crippen LogP contribution is 2.45. The Kier molecular flexibility index (Phi) is 4.81. The number of carbonyl (C=O) groups excluding carboxylic acids is 3. The van der Waals surface area contributed by atoms with E-state index >= 15 is 0 Å². The van der Waals surface area contributed by atoms with Gasteiger partial charge in [0.15, 0.2) is 0 Å². The van der Waals surface area contributed by atoms with E-state index in [9.17, 15) is 14.4 Å². The largest absolute Gasteiger partial charge is 0.379 e. The molecule has 7 nitrogen and oxygen atoms in total. The zero-order valence-corrected chi connectivity index (χ0v) is 17.3. The van der Waals surface area contributed by atoms with Crippen LogP contribution in [0.1, 0.15) is 73.7 Å². The summed E-state index contributed by atoms with van der Waals surface area (Å²) in [4.78, 5) is 38.6. The SMILES string of the molecule is NC1CCC(CC2CC2)(Nc2cccc3c2CN(C2CCC(=O)NC2=O)C3=O)CC1. The maximum absolute atomic E-state index is 13.1. The average Bonchev–Trinajstić information content (AvgIpc) is 3.47. The highest BCUT2D eigenvalue weighted by atomic mass is 16.2. The molecule has 1 unspecified atom stereocenters. The summed E-state index contributed by atoms with van der Waals surface area (Å²) in [5.41, 5.74) is 8.87. The molecule has 0 spiro atoms. The summed E-state index contributed by atoms with van der Waals surface area (Å²) in [5, 5.41) is 6.23. The fourth-order valence-electron chi connectivity index (χ4n) is 5.44. The molecule has 3 fully saturated rings. The molecule has 3 amide bonds. The molecule has 4 aliphatic rings. The molecular formula is C23H30N4O3. The molecule has 0 bridgehead atoms. The van der Waals surface area contributed by atoms with Gasteiger partial charge in [-0.1, -0.05) is 18.9 Å². The average molecular weight is 411 g/mol. The molecule has 2 saturated carbocycles. The van der Waals surface area contributed by atoms with Crippen molar-refractivity contribution in [2.24, 2.45) is 11.7 Å². The number of amides is 3. The molecular weight excluding hydrogens is 380 g/mol. The van der Waals surface area contributed by atoms with E-state index in [0.29, 0.717) is 18.5 Å². The number of hydrogen-bond acceptors (Lipinski definition) is 5. The lowest BCUT2D eigenvalue weighted by molar-refractivity contribution is -0.136. The molecule has 1 aromatic carbocycles. The Hall–Kier alpha value is -2.41. The lowest BCUT2D eigenvalue weighted by Crippen LogP contribution is -2.52. The zero-order chi connectivity index (χ0) is 20.9. The van der Waals surface area contributed by atoms with Crippen molar-refractivity contribution in [2.75, 3.05) is 5.32 Å². The second kappa shape index (κ2) is 7.38. The number of rotatable bonds is 5. The van der Waals surface area contributed by atoms with Gasteiger partial charge in [-0.05, 0) is 56.6 Å². The molecule has 7 heteroatoms. The Balaban J connectivity index is 1.39. The smallest absolute Gasteiger partial charge is 0.255 e. The van der Waals surface area contributed by atoms with Gasteiger partial charge in [0.2, 0.25) is 11.8 Å². The lowest BCUT2D eigenvalue weighted by Gasteiger charge is -2.42. The van der Waals surface area contributed by atoms with E-state index < -0.39 is 6.04 Å². The van der Waals surface area contributed by atoms with Gasteiger partial charge in [0, 0.05) is 41.4 Å². The molecule has 0 radical (unpaired) electrons. The third kappa shape index (κ3) is 3.60. The van der Waals surface area contributed by atoms with Crippen molar-refractivity contribution in [1.29, 1.82) is 0 Å². The van der Waals surface area contributed by atoms with E-state index in [1.54, 1.807) is 4.90 Å². The first-order chi connectivity index (χ1) is 14.4. The lowest BCUT2D eigenvalue weighted by atomic mass is 9.76. The van der Waals surface area contributed by atoms with Crippen LogP contribution in [0.4, 0.5) is 5.69 Å². The Bertz CT molecular complexity index is 886. The maximum atomic E-state index is 13.1. The van der Waals surface area contributed by atoms with Crippen molar-refractivity contribution >= 4 is 23.4 Å². The summed E-state index contributed by atoms with van der Waals surface area (Å²) in [7, 11) is 0. The molecule has 1 atom stereocenters. The third-order valence-corrected chi connectivity index (χ3v) is 7.35. The van der Waals surface area contributed by atoms with E-state index in [-0.39, 0.29) is 35.7 Å². The summed E-state index contributed by atoms with van der Waals surface area (Å²) >= 11 is 0. The number of hydrogen-bond donors (Lipinski definition) is 3. The normalized spacial score (nSPS) is 31.5. The monoisotopic (exact) mass is 410 g/mol. The Morgan fingerprint density at radius 1 is 1.10 bits per heavy atom. The summed E-state index contributed by atoms with van der Waals surface area (Å²) in [6.07, 6.45) is 8.59. The number of nitrogens with one attached hydrogen (secondary N) is 2. The van der Waals surface area contributed by atoms with Crippen molar-refractivity contribution in [2.45, 2.75) is 82.0 Å². The van der Waals surface area contributed by atoms with Crippen LogP contribution >= 0.6 is 0 Å². The van der Waals surface area contributed by atoms with Gasteiger partial charge in [-0.15, -0.1) is 0 Å². The molecule has 0 aromatic heterocycles. The fourth-order valence-corrected chi connectivity index (χ4v) is 5.44. The van der Waals surface area contributed by atoms with Gasteiger partial charge in [0.05, 0.1) is 0 Å². The molecule has 30 heavy (non-hydrogen) atoms. The van der Waals surface area contributed by atoms with Crippen LogP contribution in [0.5, 0.6) is 0 Å². The van der Waals surface area contributed by atoms with E-state index in [1.165, 1.54) is 12.8 Å². The Morgan fingerprint density at radius 2 is 1.87 bits per heavy atom. The zero-order valence-electron chi connectivity index (χ0n) is 17.3. The molecule has 1 saturated heterocycles.